The largest absolute Gasteiger partial charge is 0.0622 e. The van der Waals surface area contributed by atoms with Gasteiger partial charge in [0.1, 0.15) is 0 Å². The first kappa shape index (κ1) is 57.0. The molecule has 0 bridgehead atoms. The van der Waals surface area contributed by atoms with E-state index in [1.807, 2.05) is 0 Å². The monoisotopic (exact) mass is 907 g/mol. The lowest BCUT2D eigenvalue weighted by atomic mass is 9.35. The second-order valence-corrected chi connectivity index (χ2v) is 32.2. The number of fused-ring (bicyclic) bond motifs is 4. The molecule has 2 aromatic rings. The summed E-state index contributed by atoms with van der Waals surface area (Å²) in [5, 5.41) is 0. The van der Waals surface area contributed by atoms with Crippen molar-refractivity contribution in [3.63, 3.8) is 0 Å². The predicted octanol–water partition coefficient (Wildman–Crippen LogP) is 21.3. The Morgan fingerprint density at radius 3 is 1.21 bits per heavy atom. The van der Waals surface area contributed by atoms with Crippen molar-refractivity contribution < 1.29 is 0 Å². The van der Waals surface area contributed by atoms with Gasteiger partial charge >= 0.3 is 0 Å². The van der Waals surface area contributed by atoms with Crippen LogP contribution >= 0.6 is 0 Å². The molecule has 2 aromatic carbocycles. The summed E-state index contributed by atoms with van der Waals surface area (Å²) >= 11 is 0. The lowest BCUT2D eigenvalue weighted by Gasteiger charge is -2.69. The zero-order chi connectivity index (χ0) is 50.7. The Balaban J connectivity index is 0.000000194. The Bertz CT molecular complexity index is 1790. The van der Waals surface area contributed by atoms with Gasteiger partial charge in [-0.25, -0.2) is 0 Å². The number of hydrogen-bond donors (Lipinski definition) is 0. The van der Waals surface area contributed by atoms with Gasteiger partial charge in [0.25, 0.3) is 0 Å². The Labute approximate surface area is 414 Å². The van der Waals surface area contributed by atoms with E-state index in [1.54, 1.807) is 11.1 Å². The van der Waals surface area contributed by atoms with Gasteiger partial charge in [-0.3, -0.25) is 0 Å². The van der Waals surface area contributed by atoms with Crippen LogP contribution in [0.3, 0.4) is 0 Å². The molecular formula is C66H114. The van der Waals surface area contributed by atoms with Crippen molar-refractivity contribution in [3.8, 4) is 0 Å². The first-order chi connectivity index (χ1) is 29.6. The van der Waals surface area contributed by atoms with E-state index < -0.39 is 0 Å². The molecule has 7 atom stereocenters. The maximum Gasteiger partial charge on any atom is -0.00687 e. The van der Waals surface area contributed by atoms with E-state index in [4.69, 9.17) is 0 Å². The van der Waals surface area contributed by atoms with Crippen LogP contribution in [0.2, 0.25) is 0 Å². The van der Waals surface area contributed by atoms with E-state index in [9.17, 15) is 0 Å². The van der Waals surface area contributed by atoms with Gasteiger partial charge in [-0.2, -0.15) is 0 Å². The Kier molecular flexibility index (Phi) is 16.9. The van der Waals surface area contributed by atoms with Gasteiger partial charge in [0.05, 0.1) is 0 Å². The summed E-state index contributed by atoms with van der Waals surface area (Å²) in [7, 11) is 0. The fourth-order valence-corrected chi connectivity index (χ4v) is 14.6. The van der Waals surface area contributed by atoms with Crippen LogP contribution in [0.1, 0.15) is 272 Å². The fourth-order valence-electron chi connectivity index (χ4n) is 14.6. The van der Waals surface area contributed by atoms with Crippen LogP contribution in [0.4, 0.5) is 0 Å². The van der Waals surface area contributed by atoms with Crippen molar-refractivity contribution in [2.24, 2.45) is 89.7 Å². The molecule has 5 aliphatic carbocycles. The standard InChI is InChI=1S/C20H30.C16H30.C16H26.C14H28/c1-18(2,3)15-12-16-17(20(6,7)19(16,4)5)14-11-9-8-10-13(14)15;1-14(2,3)11-8-9-12-13(10-11)16(6,7)15(12,4)5;1-15(2,3)12-14(16(4,5)6)13-10-8-7-9-11-13;1-13(2,3)11-7-9-12(10-8-11)14(4,5)6/h8-11,15-17H,12H2,1-7H3;11-13H,8-10H2,1-7H3;7-11,14H,12H2,1-6H3;11-12H,7-10H2,1-6H3. The minimum Gasteiger partial charge on any atom is -0.0622 e. The minimum atomic E-state index is 0.328. The number of benzene rings is 2. The molecule has 0 heteroatoms. The van der Waals surface area contributed by atoms with Gasteiger partial charge in [-0.1, -0.05) is 235 Å². The normalized spacial score (nSPS) is 30.3. The molecule has 5 aliphatic rings. The third-order valence-electron chi connectivity index (χ3n) is 20.8. The van der Waals surface area contributed by atoms with Crippen LogP contribution in [-0.4, -0.2) is 0 Å². The molecule has 0 aliphatic heterocycles. The van der Waals surface area contributed by atoms with Crippen molar-refractivity contribution in [3.05, 3.63) is 71.3 Å². The molecule has 4 fully saturated rings. The maximum atomic E-state index is 2.50. The summed E-state index contributed by atoms with van der Waals surface area (Å²) in [6, 6.07) is 20.2. The zero-order valence-corrected chi connectivity index (χ0v) is 49.3. The van der Waals surface area contributed by atoms with Crippen molar-refractivity contribution >= 4 is 0 Å². The topological polar surface area (TPSA) is 0 Å². The summed E-state index contributed by atoms with van der Waals surface area (Å²) in [5.74, 6) is 7.79. The van der Waals surface area contributed by atoms with Crippen LogP contribution in [0.25, 0.3) is 0 Å². The smallest absolute Gasteiger partial charge is 0.00687 e. The third kappa shape index (κ3) is 12.5. The van der Waals surface area contributed by atoms with Gasteiger partial charge in [0.15, 0.2) is 0 Å². The van der Waals surface area contributed by atoms with E-state index in [2.05, 4.69) is 235 Å². The molecule has 0 radical (unpaired) electrons. The highest BCUT2D eigenvalue weighted by Gasteiger charge is 2.65. The summed E-state index contributed by atoms with van der Waals surface area (Å²) in [6.07, 6.45) is 12.8. The first-order valence-corrected chi connectivity index (χ1v) is 27.7. The molecule has 0 N–H and O–H groups in total. The van der Waals surface area contributed by atoms with Crippen LogP contribution in [0.15, 0.2) is 54.6 Å². The number of hydrogen-bond acceptors (Lipinski definition) is 0. The molecule has 4 saturated carbocycles. The highest BCUT2D eigenvalue weighted by molar-refractivity contribution is 5.43. The molecule has 0 aromatic heterocycles. The van der Waals surface area contributed by atoms with E-state index >= 15 is 0 Å². The van der Waals surface area contributed by atoms with E-state index in [0.717, 1.165) is 41.4 Å². The molecule has 0 saturated heterocycles. The second-order valence-electron chi connectivity index (χ2n) is 32.2. The molecule has 0 amide bonds. The highest BCUT2D eigenvalue weighted by Crippen LogP contribution is 2.74. The average Bonchev–Trinajstić information content (AvgIpc) is 3.18. The van der Waals surface area contributed by atoms with Crippen molar-refractivity contribution in [1.29, 1.82) is 0 Å². The van der Waals surface area contributed by atoms with Gasteiger partial charge < -0.3 is 0 Å². The van der Waals surface area contributed by atoms with Crippen molar-refractivity contribution in [2.45, 2.75) is 256 Å². The van der Waals surface area contributed by atoms with Gasteiger partial charge in [0, 0.05) is 0 Å². The van der Waals surface area contributed by atoms with Crippen LogP contribution < -0.4 is 0 Å². The summed E-state index contributed by atoms with van der Waals surface area (Å²) in [4.78, 5) is 0. The first-order valence-electron chi connectivity index (χ1n) is 27.7. The number of rotatable bonds is 2. The van der Waals surface area contributed by atoms with E-state index in [0.29, 0.717) is 66.0 Å². The second kappa shape index (κ2) is 19.6. The van der Waals surface area contributed by atoms with Gasteiger partial charge in [-0.15, -0.1) is 0 Å². The van der Waals surface area contributed by atoms with Crippen LogP contribution in [-0.2, 0) is 0 Å². The maximum absolute atomic E-state index is 2.50. The Morgan fingerprint density at radius 2 is 0.803 bits per heavy atom. The molecule has 66 heavy (non-hydrogen) atoms. The zero-order valence-electron chi connectivity index (χ0n) is 49.3. The predicted molar refractivity (Wildman–Crippen MR) is 295 cm³/mol. The summed E-state index contributed by atoms with van der Waals surface area (Å²) < 4.78 is 0. The molecule has 378 valence electrons. The molecule has 0 heterocycles. The van der Waals surface area contributed by atoms with Crippen molar-refractivity contribution in [1.82, 2.24) is 0 Å². The minimum absolute atomic E-state index is 0.328. The average molecular weight is 908 g/mol. The van der Waals surface area contributed by atoms with Crippen LogP contribution in [0, 0.1) is 89.7 Å². The quantitative estimate of drug-likeness (QED) is 0.282. The van der Waals surface area contributed by atoms with Crippen molar-refractivity contribution in [2.75, 3.05) is 0 Å². The molecule has 7 unspecified atom stereocenters. The van der Waals surface area contributed by atoms with Gasteiger partial charge in [0.2, 0.25) is 0 Å². The van der Waals surface area contributed by atoms with Crippen LogP contribution in [0.5, 0.6) is 0 Å². The summed E-state index contributed by atoms with van der Waals surface area (Å²) in [6.45, 7) is 62.8. The molecule has 0 nitrogen and oxygen atoms in total. The highest BCUT2D eigenvalue weighted by atomic mass is 14.7. The Hall–Kier alpha value is -1.56. The van der Waals surface area contributed by atoms with E-state index in [1.165, 1.54) is 63.4 Å². The van der Waals surface area contributed by atoms with E-state index in [-0.39, 0.29) is 0 Å². The molecule has 0 spiro atoms. The lowest BCUT2D eigenvalue weighted by molar-refractivity contribution is -0.200. The molecular weight excluding hydrogens is 793 g/mol. The van der Waals surface area contributed by atoms with Gasteiger partial charge in [-0.05, 0) is 182 Å². The Morgan fingerprint density at radius 1 is 0.409 bits per heavy atom. The fraction of sp³-hybridized carbons (Fsp3) is 0.818. The SMILES string of the molecule is CC(C)(C)C1CC2C(c3ccccc31)C(C)(C)C2(C)C.CC(C)(C)C1CCC(C(C)(C)C)CC1.CC(C)(C)C1CCC2C(C1)C(C)(C)C2(C)C.CC(C)(C)CC(c1ccccc1)C(C)(C)C. The molecule has 7 rings (SSSR count). The third-order valence-corrected chi connectivity index (χ3v) is 20.8. The summed E-state index contributed by atoms with van der Waals surface area (Å²) in [5.41, 5.74) is 9.39. The lowest BCUT2D eigenvalue weighted by Crippen LogP contribution is -2.62.